The highest BCUT2D eigenvalue weighted by Crippen LogP contribution is 2.24. The number of hydrogen-bond donors (Lipinski definition) is 1. The molecule has 2 N–H and O–H groups in total. The van der Waals surface area contributed by atoms with Gasteiger partial charge in [-0.3, -0.25) is 0 Å². The molecule has 0 aliphatic heterocycles. The van der Waals surface area contributed by atoms with Crippen LogP contribution >= 0.6 is 0 Å². The number of aromatic nitrogens is 2. The van der Waals surface area contributed by atoms with Gasteiger partial charge in [0, 0.05) is 6.42 Å². The first-order valence-corrected chi connectivity index (χ1v) is 10.8. The lowest BCUT2D eigenvalue weighted by Gasteiger charge is -2.17. The smallest absolute Gasteiger partial charge is 0.236 e. The minimum Gasteiger partial charge on any atom is -0.423 e. The molecule has 5 nitrogen and oxygen atoms in total. The Bertz CT molecular complexity index is 849. The molecule has 0 aromatic carbocycles. The maximum Gasteiger partial charge on any atom is 0.236 e. The topological polar surface area (TPSA) is 88.7 Å². The van der Waals surface area contributed by atoms with Crippen LogP contribution in [0.15, 0.2) is 77.8 Å². The van der Waals surface area contributed by atoms with Gasteiger partial charge in [-0.15, -0.1) is 16.8 Å². The maximum absolute atomic E-state index is 9.54. The van der Waals surface area contributed by atoms with Crippen LogP contribution in [0.2, 0.25) is 0 Å². The number of nitriles is 1. The van der Waals surface area contributed by atoms with Gasteiger partial charge in [0.1, 0.15) is 0 Å². The van der Waals surface area contributed by atoms with E-state index in [-0.39, 0.29) is 11.8 Å². The standard InChI is InChI=1S/C26H36N4O/c1-6-8-9-10-11-15-18-26(5,28)25-30-29-24(31-25)19-22(4)23(20-27)17-14-12-13-16-21(3)7-2/h6,9-16,22-23H,1,3,7-8,17-19,28H2,2,4-5H3/b10-9?,14-12-,15-11+,16-13-/t22?,23?,26-/m1/s1. The van der Waals surface area contributed by atoms with Gasteiger partial charge in [0.2, 0.25) is 11.8 Å². The number of nitrogens with zero attached hydrogens (tertiary/aromatic N) is 3. The van der Waals surface area contributed by atoms with E-state index in [2.05, 4.69) is 36.3 Å². The van der Waals surface area contributed by atoms with Gasteiger partial charge in [-0.05, 0) is 38.5 Å². The lowest BCUT2D eigenvalue weighted by Crippen LogP contribution is -2.32. The Morgan fingerprint density at radius 1 is 1.23 bits per heavy atom. The normalized spacial score (nSPS) is 16.1. The fourth-order valence-electron chi connectivity index (χ4n) is 2.74. The van der Waals surface area contributed by atoms with Crippen LogP contribution in [0.3, 0.4) is 0 Å². The molecule has 3 atom stereocenters. The number of allylic oxidation sites excluding steroid dienone is 9. The monoisotopic (exact) mass is 420 g/mol. The van der Waals surface area contributed by atoms with Gasteiger partial charge >= 0.3 is 0 Å². The quantitative estimate of drug-likeness (QED) is 0.290. The fraction of sp³-hybridized carbons (Fsp3) is 0.423. The predicted molar refractivity (Wildman–Crippen MR) is 128 cm³/mol. The molecule has 1 aromatic rings. The second-order valence-corrected chi connectivity index (χ2v) is 7.95. The van der Waals surface area contributed by atoms with Crippen LogP contribution in [-0.4, -0.2) is 10.2 Å². The molecular formula is C26H36N4O. The molecule has 0 saturated heterocycles. The highest BCUT2D eigenvalue weighted by molar-refractivity contribution is 5.18. The van der Waals surface area contributed by atoms with Gasteiger partial charge in [-0.2, -0.15) is 5.26 Å². The van der Waals surface area contributed by atoms with E-state index in [0.717, 1.165) is 18.4 Å². The van der Waals surface area contributed by atoms with E-state index >= 15 is 0 Å². The minimum atomic E-state index is -0.747. The molecule has 1 rings (SSSR count). The molecule has 2 unspecified atom stereocenters. The van der Waals surface area contributed by atoms with Crippen LogP contribution in [-0.2, 0) is 12.0 Å². The zero-order valence-electron chi connectivity index (χ0n) is 19.1. The minimum absolute atomic E-state index is 0.0801. The van der Waals surface area contributed by atoms with Crippen molar-refractivity contribution in [3.63, 3.8) is 0 Å². The van der Waals surface area contributed by atoms with Crippen molar-refractivity contribution in [2.24, 2.45) is 17.6 Å². The first-order valence-electron chi connectivity index (χ1n) is 10.8. The zero-order chi connectivity index (χ0) is 23.1. The van der Waals surface area contributed by atoms with Crippen LogP contribution in [0.1, 0.15) is 58.2 Å². The average molecular weight is 421 g/mol. The van der Waals surface area contributed by atoms with Crippen molar-refractivity contribution < 1.29 is 4.42 Å². The Morgan fingerprint density at radius 3 is 2.61 bits per heavy atom. The third-order valence-electron chi connectivity index (χ3n) is 4.96. The summed E-state index contributed by atoms with van der Waals surface area (Å²) in [5.74, 6) is 0.863. The third kappa shape index (κ3) is 10.1. The lowest BCUT2D eigenvalue weighted by atomic mass is 9.89. The zero-order valence-corrected chi connectivity index (χ0v) is 19.1. The van der Waals surface area contributed by atoms with Crippen molar-refractivity contribution in [3.8, 4) is 6.07 Å². The molecule has 0 bridgehead atoms. The molecule has 1 aromatic heterocycles. The lowest BCUT2D eigenvalue weighted by molar-refractivity contribution is 0.321. The highest BCUT2D eigenvalue weighted by atomic mass is 16.4. The van der Waals surface area contributed by atoms with Crippen LogP contribution in [0.4, 0.5) is 0 Å². The van der Waals surface area contributed by atoms with Crippen molar-refractivity contribution in [1.82, 2.24) is 10.2 Å². The molecule has 31 heavy (non-hydrogen) atoms. The third-order valence-corrected chi connectivity index (χ3v) is 4.96. The van der Waals surface area contributed by atoms with Crippen LogP contribution in [0.25, 0.3) is 0 Å². The van der Waals surface area contributed by atoms with Crippen molar-refractivity contribution in [2.45, 2.75) is 58.4 Å². The summed E-state index contributed by atoms with van der Waals surface area (Å²) in [5.41, 5.74) is 6.70. The van der Waals surface area contributed by atoms with Gasteiger partial charge in [0.25, 0.3) is 0 Å². The summed E-state index contributed by atoms with van der Waals surface area (Å²) in [5, 5.41) is 17.8. The average Bonchev–Trinajstić information content (AvgIpc) is 3.22. The number of nitrogens with two attached hydrogens (primary N) is 1. The van der Waals surface area contributed by atoms with Crippen molar-refractivity contribution in [2.75, 3.05) is 0 Å². The van der Waals surface area contributed by atoms with E-state index in [1.54, 1.807) is 0 Å². The molecule has 5 heteroatoms. The van der Waals surface area contributed by atoms with E-state index in [1.165, 1.54) is 0 Å². The second kappa shape index (κ2) is 14.1. The van der Waals surface area contributed by atoms with Gasteiger partial charge in [0.15, 0.2) is 0 Å². The van der Waals surface area contributed by atoms with E-state index in [0.29, 0.717) is 31.0 Å². The largest absolute Gasteiger partial charge is 0.423 e. The maximum atomic E-state index is 9.54. The molecular weight excluding hydrogens is 384 g/mol. The molecule has 0 aliphatic carbocycles. The Kier molecular flexibility index (Phi) is 11.9. The van der Waals surface area contributed by atoms with Gasteiger partial charge in [0.05, 0.1) is 17.5 Å². The van der Waals surface area contributed by atoms with E-state index < -0.39 is 5.54 Å². The fourth-order valence-corrected chi connectivity index (χ4v) is 2.74. The van der Waals surface area contributed by atoms with Crippen LogP contribution < -0.4 is 5.73 Å². The highest BCUT2D eigenvalue weighted by Gasteiger charge is 2.27. The molecule has 166 valence electrons. The van der Waals surface area contributed by atoms with Crippen molar-refractivity contribution in [3.05, 3.63) is 85.2 Å². The van der Waals surface area contributed by atoms with Crippen LogP contribution in [0.5, 0.6) is 0 Å². The Morgan fingerprint density at radius 2 is 1.94 bits per heavy atom. The Hall–Kier alpha value is -2.97. The molecule has 0 fully saturated rings. The van der Waals surface area contributed by atoms with Gasteiger partial charge in [-0.1, -0.05) is 80.7 Å². The SMILES string of the molecule is C=CCC=C/C=C/C[C@@](C)(N)c1nnc(CC(C)C(C#N)C/C=C\C=C/C(=C)CC)o1. The van der Waals surface area contributed by atoms with Crippen molar-refractivity contribution in [1.29, 1.82) is 5.26 Å². The number of hydrogen-bond acceptors (Lipinski definition) is 5. The second-order valence-electron chi connectivity index (χ2n) is 7.95. The van der Waals surface area contributed by atoms with Crippen molar-refractivity contribution >= 4 is 0 Å². The summed E-state index contributed by atoms with van der Waals surface area (Å²) in [6.45, 7) is 13.6. The molecule has 0 spiro atoms. The van der Waals surface area contributed by atoms with Gasteiger partial charge in [-0.25, -0.2) is 0 Å². The molecule has 0 saturated carbocycles. The molecule has 0 aliphatic rings. The molecule has 1 heterocycles. The van der Waals surface area contributed by atoms with E-state index in [1.807, 2.05) is 68.5 Å². The summed E-state index contributed by atoms with van der Waals surface area (Å²) < 4.78 is 5.83. The number of rotatable bonds is 14. The molecule has 0 amide bonds. The predicted octanol–water partition coefficient (Wildman–Crippen LogP) is 6.11. The van der Waals surface area contributed by atoms with E-state index in [9.17, 15) is 5.26 Å². The Balaban J connectivity index is 2.63. The summed E-state index contributed by atoms with van der Waals surface area (Å²) in [6, 6.07) is 2.39. The van der Waals surface area contributed by atoms with E-state index in [4.69, 9.17) is 10.2 Å². The Labute approximate surface area is 187 Å². The first kappa shape index (κ1) is 26.1. The summed E-state index contributed by atoms with van der Waals surface area (Å²) >= 11 is 0. The summed E-state index contributed by atoms with van der Waals surface area (Å²) in [7, 11) is 0. The summed E-state index contributed by atoms with van der Waals surface area (Å²) in [6.07, 6.45) is 21.2. The summed E-state index contributed by atoms with van der Waals surface area (Å²) in [4.78, 5) is 0. The molecule has 0 radical (unpaired) electrons. The first-order chi connectivity index (χ1) is 14.8. The van der Waals surface area contributed by atoms with Crippen LogP contribution in [0, 0.1) is 23.2 Å². The van der Waals surface area contributed by atoms with Gasteiger partial charge < -0.3 is 10.2 Å².